The smallest absolute Gasteiger partial charge is 0.170 e. The molecule has 4 nitrogen and oxygen atoms in total. The van der Waals surface area contributed by atoms with E-state index in [1.54, 1.807) is 13.4 Å². The van der Waals surface area contributed by atoms with Crippen molar-refractivity contribution in [2.75, 3.05) is 7.11 Å². The van der Waals surface area contributed by atoms with E-state index >= 15 is 0 Å². The number of carbonyl (C=O) groups is 1. The molecule has 0 amide bonds. The van der Waals surface area contributed by atoms with Crippen LogP contribution < -0.4 is 4.74 Å². The molecule has 1 aromatic carbocycles. The SMILES string of the molecule is COc1ccccc1-c1c(C=O)ncn1C. The molecule has 0 aliphatic heterocycles. The Kier molecular flexibility index (Phi) is 2.72. The Morgan fingerprint density at radius 3 is 2.81 bits per heavy atom. The lowest BCUT2D eigenvalue weighted by Gasteiger charge is -2.09. The van der Waals surface area contributed by atoms with Crippen LogP contribution in [0.1, 0.15) is 10.5 Å². The van der Waals surface area contributed by atoms with E-state index in [-0.39, 0.29) is 0 Å². The summed E-state index contributed by atoms with van der Waals surface area (Å²) in [5.41, 5.74) is 2.06. The maximum absolute atomic E-state index is 10.9. The van der Waals surface area contributed by atoms with Crippen LogP contribution in [0.2, 0.25) is 0 Å². The van der Waals surface area contributed by atoms with Gasteiger partial charge in [0.25, 0.3) is 0 Å². The Morgan fingerprint density at radius 1 is 1.38 bits per heavy atom. The quantitative estimate of drug-likeness (QED) is 0.736. The van der Waals surface area contributed by atoms with Crippen molar-refractivity contribution in [2.24, 2.45) is 7.05 Å². The fourth-order valence-electron chi connectivity index (χ4n) is 1.70. The van der Waals surface area contributed by atoms with Crippen molar-refractivity contribution in [3.05, 3.63) is 36.3 Å². The van der Waals surface area contributed by atoms with Crippen molar-refractivity contribution in [3.63, 3.8) is 0 Å². The zero-order valence-corrected chi connectivity index (χ0v) is 9.18. The van der Waals surface area contributed by atoms with Crippen LogP contribution >= 0.6 is 0 Å². The number of aryl methyl sites for hydroxylation is 1. The van der Waals surface area contributed by atoms with Crippen LogP contribution in [0.5, 0.6) is 5.75 Å². The molecule has 0 aliphatic carbocycles. The van der Waals surface area contributed by atoms with Gasteiger partial charge in [0.05, 0.1) is 19.1 Å². The molecule has 0 aliphatic rings. The van der Waals surface area contributed by atoms with Crippen LogP contribution in [0, 0.1) is 0 Å². The molecule has 0 radical (unpaired) electrons. The van der Waals surface area contributed by atoms with Gasteiger partial charge >= 0.3 is 0 Å². The summed E-state index contributed by atoms with van der Waals surface area (Å²) in [5, 5.41) is 0. The summed E-state index contributed by atoms with van der Waals surface area (Å²) in [7, 11) is 3.46. The van der Waals surface area contributed by atoms with E-state index in [0.717, 1.165) is 23.3 Å². The largest absolute Gasteiger partial charge is 0.496 e. The Bertz CT molecular complexity index is 517. The fourth-order valence-corrected chi connectivity index (χ4v) is 1.70. The second-order valence-electron chi connectivity index (χ2n) is 3.41. The molecular weight excluding hydrogens is 204 g/mol. The van der Waals surface area contributed by atoms with Crippen molar-refractivity contribution in [2.45, 2.75) is 0 Å². The first-order valence-corrected chi connectivity index (χ1v) is 4.87. The summed E-state index contributed by atoms with van der Waals surface area (Å²) >= 11 is 0. The first-order valence-electron chi connectivity index (χ1n) is 4.87. The predicted molar refractivity (Wildman–Crippen MR) is 60.6 cm³/mol. The monoisotopic (exact) mass is 216 g/mol. The lowest BCUT2D eigenvalue weighted by Crippen LogP contribution is -1.95. The maximum Gasteiger partial charge on any atom is 0.170 e. The molecule has 2 aromatic rings. The molecule has 0 saturated carbocycles. The van der Waals surface area contributed by atoms with Gasteiger partial charge in [-0.1, -0.05) is 12.1 Å². The van der Waals surface area contributed by atoms with Crippen molar-refractivity contribution >= 4 is 6.29 Å². The van der Waals surface area contributed by atoms with E-state index in [0.29, 0.717) is 5.69 Å². The maximum atomic E-state index is 10.9. The topological polar surface area (TPSA) is 44.1 Å². The highest BCUT2D eigenvalue weighted by atomic mass is 16.5. The van der Waals surface area contributed by atoms with Crippen molar-refractivity contribution in [1.29, 1.82) is 0 Å². The molecule has 1 heterocycles. The van der Waals surface area contributed by atoms with Gasteiger partial charge in [-0.25, -0.2) is 4.98 Å². The molecule has 0 bridgehead atoms. The van der Waals surface area contributed by atoms with Gasteiger partial charge in [0.1, 0.15) is 11.4 Å². The third-order valence-corrected chi connectivity index (χ3v) is 2.44. The highest BCUT2D eigenvalue weighted by Crippen LogP contribution is 2.30. The van der Waals surface area contributed by atoms with E-state index in [1.807, 2.05) is 35.9 Å². The molecule has 0 fully saturated rings. The van der Waals surface area contributed by atoms with E-state index in [1.165, 1.54) is 0 Å². The molecule has 0 saturated heterocycles. The summed E-state index contributed by atoms with van der Waals surface area (Å²) in [6.45, 7) is 0. The molecule has 4 heteroatoms. The molecule has 0 spiro atoms. The molecule has 0 unspecified atom stereocenters. The normalized spacial score (nSPS) is 10.1. The number of carbonyl (C=O) groups excluding carboxylic acids is 1. The van der Waals surface area contributed by atoms with Gasteiger partial charge in [-0.05, 0) is 12.1 Å². The lowest BCUT2D eigenvalue weighted by atomic mass is 10.1. The highest BCUT2D eigenvalue weighted by Gasteiger charge is 2.13. The van der Waals surface area contributed by atoms with Crippen molar-refractivity contribution in [3.8, 4) is 17.0 Å². The number of imidazole rings is 1. The summed E-state index contributed by atoms with van der Waals surface area (Å²) in [6.07, 6.45) is 2.37. The molecule has 16 heavy (non-hydrogen) atoms. The number of nitrogens with zero attached hydrogens (tertiary/aromatic N) is 2. The van der Waals surface area contributed by atoms with Crippen LogP contribution in [-0.4, -0.2) is 22.9 Å². The average molecular weight is 216 g/mol. The summed E-state index contributed by atoms with van der Waals surface area (Å²) in [5.74, 6) is 0.731. The highest BCUT2D eigenvalue weighted by molar-refractivity contribution is 5.85. The number of methoxy groups -OCH3 is 1. The van der Waals surface area contributed by atoms with Crippen LogP contribution in [0.15, 0.2) is 30.6 Å². The molecule has 1 aromatic heterocycles. The predicted octanol–water partition coefficient (Wildman–Crippen LogP) is 1.91. The Balaban J connectivity index is 2.66. The van der Waals surface area contributed by atoms with Gasteiger partial charge in [0.15, 0.2) is 6.29 Å². The third-order valence-electron chi connectivity index (χ3n) is 2.44. The van der Waals surface area contributed by atoms with Gasteiger partial charge < -0.3 is 9.30 Å². The fraction of sp³-hybridized carbons (Fsp3) is 0.167. The number of aromatic nitrogens is 2. The van der Waals surface area contributed by atoms with Gasteiger partial charge in [0, 0.05) is 12.6 Å². The summed E-state index contributed by atoms with van der Waals surface area (Å²) in [4.78, 5) is 14.9. The molecule has 82 valence electrons. The van der Waals surface area contributed by atoms with E-state index in [2.05, 4.69) is 4.98 Å². The molecule has 0 N–H and O–H groups in total. The van der Waals surface area contributed by atoms with E-state index in [4.69, 9.17) is 4.74 Å². The Hall–Kier alpha value is -2.10. The first-order chi connectivity index (χ1) is 7.77. The third kappa shape index (κ3) is 1.58. The van der Waals surface area contributed by atoms with E-state index < -0.39 is 0 Å². The number of hydrogen-bond donors (Lipinski definition) is 0. The van der Waals surface area contributed by atoms with Gasteiger partial charge in [-0.15, -0.1) is 0 Å². The average Bonchev–Trinajstić information content (AvgIpc) is 2.70. The summed E-state index contributed by atoms with van der Waals surface area (Å²) in [6, 6.07) is 7.55. The zero-order valence-electron chi connectivity index (χ0n) is 9.18. The number of rotatable bonds is 3. The standard InChI is InChI=1S/C12H12N2O2/c1-14-8-13-10(7-15)12(14)9-5-3-4-6-11(9)16-2/h3-8H,1-2H3. The minimum Gasteiger partial charge on any atom is -0.496 e. The summed E-state index contributed by atoms with van der Waals surface area (Å²) < 4.78 is 7.07. The van der Waals surface area contributed by atoms with Crippen molar-refractivity contribution < 1.29 is 9.53 Å². The minimum absolute atomic E-state index is 0.423. The first kappa shape index (κ1) is 10.4. The number of hydrogen-bond acceptors (Lipinski definition) is 3. The van der Waals surface area contributed by atoms with Gasteiger partial charge in [0.2, 0.25) is 0 Å². The molecular formula is C12H12N2O2. The second kappa shape index (κ2) is 4.18. The lowest BCUT2D eigenvalue weighted by molar-refractivity contribution is 0.112. The number of ether oxygens (including phenoxy) is 1. The molecule has 2 rings (SSSR count). The van der Waals surface area contributed by atoms with E-state index in [9.17, 15) is 4.79 Å². The number of benzene rings is 1. The number of aldehydes is 1. The van der Waals surface area contributed by atoms with Crippen molar-refractivity contribution in [1.82, 2.24) is 9.55 Å². The number of para-hydroxylation sites is 1. The minimum atomic E-state index is 0.423. The van der Waals surface area contributed by atoms with Crippen LogP contribution in [0.4, 0.5) is 0 Å². The Labute approximate surface area is 93.5 Å². The molecule has 0 atom stereocenters. The van der Waals surface area contributed by atoms with Crippen LogP contribution in [0.25, 0.3) is 11.3 Å². The zero-order chi connectivity index (χ0) is 11.5. The van der Waals surface area contributed by atoms with Crippen LogP contribution in [0.3, 0.4) is 0 Å². The Morgan fingerprint density at radius 2 is 2.12 bits per heavy atom. The van der Waals surface area contributed by atoms with Gasteiger partial charge in [-0.2, -0.15) is 0 Å². The van der Waals surface area contributed by atoms with Crippen LogP contribution in [-0.2, 0) is 7.05 Å². The van der Waals surface area contributed by atoms with Gasteiger partial charge in [-0.3, -0.25) is 4.79 Å². The second-order valence-corrected chi connectivity index (χ2v) is 3.41.